The lowest BCUT2D eigenvalue weighted by atomic mass is 10.3. The van der Waals surface area contributed by atoms with Gasteiger partial charge in [0.05, 0.1) is 6.54 Å². The summed E-state index contributed by atoms with van der Waals surface area (Å²) >= 11 is 3.77. The molecular formula is C15H28IN3S2. The molecule has 0 atom stereocenters. The van der Waals surface area contributed by atoms with Crippen LogP contribution in [0.3, 0.4) is 0 Å². The van der Waals surface area contributed by atoms with Gasteiger partial charge in [0.25, 0.3) is 0 Å². The number of thiophene rings is 1. The molecule has 0 spiro atoms. The molecule has 0 aromatic carbocycles. The van der Waals surface area contributed by atoms with Gasteiger partial charge < -0.3 is 10.6 Å². The van der Waals surface area contributed by atoms with Gasteiger partial charge in [0.2, 0.25) is 0 Å². The van der Waals surface area contributed by atoms with E-state index in [1.807, 2.05) is 23.1 Å². The summed E-state index contributed by atoms with van der Waals surface area (Å²) in [6.45, 7) is 6.97. The lowest BCUT2D eigenvalue weighted by molar-refractivity contribution is 0.735. The van der Waals surface area contributed by atoms with Crippen LogP contribution in [0.1, 0.15) is 36.4 Å². The second-order valence-electron chi connectivity index (χ2n) is 4.54. The van der Waals surface area contributed by atoms with Crippen molar-refractivity contribution in [1.29, 1.82) is 0 Å². The van der Waals surface area contributed by atoms with E-state index in [9.17, 15) is 0 Å². The monoisotopic (exact) mass is 441 g/mol. The molecule has 21 heavy (non-hydrogen) atoms. The lowest BCUT2D eigenvalue weighted by Crippen LogP contribution is -2.37. The quantitative estimate of drug-likeness (QED) is 0.262. The minimum Gasteiger partial charge on any atom is -0.357 e. The van der Waals surface area contributed by atoms with Crippen LogP contribution in [0.4, 0.5) is 0 Å². The number of nitrogens with one attached hydrogen (secondary N) is 2. The zero-order valence-corrected chi connectivity index (χ0v) is 17.2. The predicted molar refractivity (Wildman–Crippen MR) is 110 cm³/mol. The van der Waals surface area contributed by atoms with E-state index in [1.54, 1.807) is 0 Å². The van der Waals surface area contributed by atoms with E-state index >= 15 is 0 Å². The molecule has 0 aliphatic rings. The molecule has 0 unspecified atom stereocenters. The molecule has 0 fully saturated rings. The van der Waals surface area contributed by atoms with Crippen molar-refractivity contribution in [1.82, 2.24) is 10.6 Å². The topological polar surface area (TPSA) is 36.4 Å². The van der Waals surface area contributed by atoms with E-state index in [4.69, 9.17) is 0 Å². The molecule has 0 aliphatic heterocycles. The zero-order chi connectivity index (χ0) is 14.6. The Hall–Kier alpha value is 0.0500. The third kappa shape index (κ3) is 9.63. The zero-order valence-electron chi connectivity index (χ0n) is 13.3. The first-order chi connectivity index (χ1) is 9.80. The van der Waals surface area contributed by atoms with Gasteiger partial charge in [-0.3, -0.25) is 0 Å². The summed E-state index contributed by atoms with van der Waals surface area (Å²) < 4.78 is 0. The van der Waals surface area contributed by atoms with Crippen molar-refractivity contribution in [3.8, 4) is 0 Å². The van der Waals surface area contributed by atoms with Gasteiger partial charge in [-0.2, -0.15) is 11.8 Å². The molecule has 1 aromatic heterocycles. The number of halogens is 1. The van der Waals surface area contributed by atoms with E-state index in [2.05, 4.69) is 47.9 Å². The lowest BCUT2D eigenvalue weighted by Gasteiger charge is -2.10. The molecule has 2 N–H and O–H groups in total. The van der Waals surface area contributed by atoms with Crippen molar-refractivity contribution in [3.05, 3.63) is 21.9 Å². The molecule has 0 aliphatic carbocycles. The Balaban J connectivity index is 0.00000400. The average Bonchev–Trinajstić information content (AvgIpc) is 2.92. The summed E-state index contributed by atoms with van der Waals surface area (Å²) in [6, 6.07) is 4.40. The van der Waals surface area contributed by atoms with Gasteiger partial charge in [0.15, 0.2) is 5.96 Å². The maximum Gasteiger partial charge on any atom is 0.191 e. The van der Waals surface area contributed by atoms with Crippen molar-refractivity contribution in [2.45, 2.75) is 39.7 Å². The summed E-state index contributed by atoms with van der Waals surface area (Å²) in [4.78, 5) is 7.42. The normalized spacial score (nSPS) is 11.1. The van der Waals surface area contributed by atoms with Crippen LogP contribution in [0, 0.1) is 0 Å². The number of hydrogen-bond donors (Lipinski definition) is 2. The Labute approximate surface area is 154 Å². The molecule has 0 radical (unpaired) electrons. The maximum atomic E-state index is 4.65. The minimum absolute atomic E-state index is 0. The molecule has 0 saturated carbocycles. The second-order valence-corrected chi connectivity index (χ2v) is 6.78. The average molecular weight is 441 g/mol. The standard InChI is InChI=1S/C15H27N3S2.HI/c1-4-13-8-9-14(20-13)12-18-15(16-5-2)17-10-6-7-11-19-3;/h8-9H,4-7,10-12H2,1-3H3,(H2,16,17,18);1H. The predicted octanol–water partition coefficient (Wildman–Crippen LogP) is 4.13. The van der Waals surface area contributed by atoms with Crippen LogP contribution >= 0.6 is 47.1 Å². The Morgan fingerprint density at radius 2 is 1.95 bits per heavy atom. The van der Waals surface area contributed by atoms with E-state index < -0.39 is 0 Å². The first-order valence-corrected chi connectivity index (χ1v) is 9.59. The number of thioether (sulfide) groups is 1. The van der Waals surface area contributed by atoms with E-state index in [0.29, 0.717) is 0 Å². The van der Waals surface area contributed by atoms with Gasteiger partial charge in [-0.05, 0) is 50.3 Å². The van der Waals surface area contributed by atoms with Gasteiger partial charge >= 0.3 is 0 Å². The molecule has 6 heteroatoms. The highest BCUT2D eigenvalue weighted by Gasteiger charge is 2.00. The molecule has 1 aromatic rings. The highest BCUT2D eigenvalue weighted by atomic mass is 127. The van der Waals surface area contributed by atoms with Crippen LogP contribution in [0.2, 0.25) is 0 Å². The van der Waals surface area contributed by atoms with E-state index in [1.165, 1.54) is 28.3 Å². The molecule has 1 rings (SSSR count). The number of aliphatic imine (C=N–C) groups is 1. The highest BCUT2D eigenvalue weighted by Crippen LogP contribution is 2.17. The van der Waals surface area contributed by atoms with Gasteiger partial charge in [0.1, 0.15) is 0 Å². The SMILES string of the molecule is CCNC(=NCc1ccc(CC)s1)NCCCCSC.I. The number of unbranched alkanes of at least 4 members (excludes halogenated alkanes) is 1. The smallest absolute Gasteiger partial charge is 0.191 e. The van der Waals surface area contributed by atoms with E-state index in [-0.39, 0.29) is 24.0 Å². The van der Waals surface area contributed by atoms with Crippen LogP contribution < -0.4 is 10.6 Å². The van der Waals surface area contributed by atoms with Crippen molar-refractivity contribution < 1.29 is 0 Å². The minimum atomic E-state index is 0. The number of guanidine groups is 1. The van der Waals surface area contributed by atoms with Crippen molar-refractivity contribution in [3.63, 3.8) is 0 Å². The fourth-order valence-electron chi connectivity index (χ4n) is 1.77. The number of nitrogens with zero attached hydrogens (tertiary/aromatic N) is 1. The third-order valence-corrected chi connectivity index (χ3v) is 4.78. The summed E-state index contributed by atoms with van der Waals surface area (Å²) in [5, 5.41) is 6.71. The van der Waals surface area contributed by atoms with Crippen LogP contribution in [-0.2, 0) is 13.0 Å². The summed E-state index contributed by atoms with van der Waals surface area (Å²) in [5.41, 5.74) is 0. The van der Waals surface area contributed by atoms with Crippen molar-refractivity contribution >= 4 is 53.0 Å². The van der Waals surface area contributed by atoms with Crippen LogP contribution in [0.5, 0.6) is 0 Å². The first-order valence-electron chi connectivity index (χ1n) is 7.38. The Bertz CT molecular complexity index is 394. The molecule has 0 amide bonds. The van der Waals surface area contributed by atoms with Crippen LogP contribution in [0.25, 0.3) is 0 Å². The molecular weight excluding hydrogens is 413 g/mol. The molecule has 1 heterocycles. The Kier molecular flexibility index (Phi) is 13.7. The van der Waals surface area contributed by atoms with E-state index in [0.717, 1.165) is 32.0 Å². The van der Waals surface area contributed by atoms with Crippen LogP contribution in [0.15, 0.2) is 17.1 Å². The third-order valence-electron chi connectivity index (χ3n) is 2.87. The van der Waals surface area contributed by atoms with Crippen molar-refractivity contribution in [2.24, 2.45) is 4.99 Å². The highest BCUT2D eigenvalue weighted by molar-refractivity contribution is 14.0. The molecule has 122 valence electrons. The first kappa shape index (κ1) is 21.0. The maximum absolute atomic E-state index is 4.65. The van der Waals surface area contributed by atoms with Gasteiger partial charge in [0, 0.05) is 22.8 Å². The summed E-state index contributed by atoms with van der Waals surface area (Å²) in [5.74, 6) is 2.17. The Morgan fingerprint density at radius 3 is 2.57 bits per heavy atom. The largest absolute Gasteiger partial charge is 0.357 e. The van der Waals surface area contributed by atoms with Crippen LogP contribution in [-0.4, -0.2) is 31.1 Å². The molecule has 0 saturated heterocycles. The van der Waals surface area contributed by atoms with Gasteiger partial charge in [-0.1, -0.05) is 6.92 Å². The summed E-state index contributed by atoms with van der Waals surface area (Å²) in [6.07, 6.45) is 5.73. The van der Waals surface area contributed by atoms with Crippen molar-refractivity contribution in [2.75, 3.05) is 25.1 Å². The fourth-order valence-corrected chi connectivity index (χ4v) is 3.15. The Morgan fingerprint density at radius 1 is 1.19 bits per heavy atom. The number of rotatable bonds is 9. The van der Waals surface area contributed by atoms with Gasteiger partial charge in [-0.15, -0.1) is 35.3 Å². The number of aryl methyl sites for hydroxylation is 1. The van der Waals surface area contributed by atoms with Gasteiger partial charge in [-0.25, -0.2) is 4.99 Å². The number of hydrogen-bond acceptors (Lipinski definition) is 3. The molecule has 0 bridgehead atoms. The molecule has 3 nitrogen and oxygen atoms in total. The second kappa shape index (κ2) is 13.7. The summed E-state index contributed by atoms with van der Waals surface area (Å²) in [7, 11) is 0. The fraction of sp³-hybridized carbons (Fsp3) is 0.667.